The summed E-state index contributed by atoms with van der Waals surface area (Å²) in [4.78, 5) is 29.1. The summed E-state index contributed by atoms with van der Waals surface area (Å²) in [6.07, 6.45) is 8.43. The molecular weight excluding hydrogens is 502 g/mol. The highest BCUT2D eigenvalue weighted by Crippen LogP contribution is 2.39. The standard InChI is InChI=1S/C30H41NO8/c1-3-37-30-22(13-15-35-17-18-36-16-14-32)24(25-20-38-26-12-8-7-11-23(26)28(25)33)19-27(39-30)29(34)31(2)21-9-5-4-6-10-21/h7-8,11-12,19-22,24,30,32H,3-6,9-10,13-18H2,1-2H3/t22-,24-,30+/m1/s1. The van der Waals surface area contributed by atoms with E-state index in [0.717, 1.165) is 25.7 Å². The second kappa shape index (κ2) is 14.6. The average Bonchev–Trinajstić information content (AvgIpc) is 2.97. The van der Waals surface area contributed by atoms with Gasteiger partial charge in [0.05, 0.1) is 38.1 Å². The van der Waals surface area contributed by atoms with Gasteiger partial charge in [0.1, 0.15) is 5.58 Å². The summed E-state index contributed by atoms with van der Waals surface area (Å²) in [6, 6.07) is 7.32. The number of fused-ring (bicyclic) bond motifs is 1. The second-order valence-electron chi connectivity index (χ2n) is 10.1. The molecule has 1 fully saturated rings. The molecule has 9 heteroatoms. The maximum absolute atomic E-state index is 13.6. The van der Waals surface area contributed by atoms with E-state index in [1.54, 1.807) is 23.1 Å². The van der Waals surface area contributed by atoms with Gasteiger partial charge in [0.25, 0.3) is 5.91 Å². The predicted molar refractivity (Wildman–Crippen MR) is 146 cm³/mol. The number of likely N-dealkylation sites (N-methyl/N-ethyl adjacent to an activating group) is 1. The quantitative estimate of drug-likeness (QED) is 0.378. The van der Waals surface area contributed by atoms with E-state index in [-0.39, 0.29) is 42.3 Å². The van der Waals surface area contributed by atoms with Crippen molar-refractivity contribution < 1.29 is 33.3 Å². The molecule has 1 aliphatic heterocycles. The van der Waals surface area contributed by atoms with Crippen molar-refractivity contribution in [3.05, 3.63) is 58.2 Å². The molecule has 2 aliphatic rings. The van der Waals surface area contributed by atoms with E-state index in [9.17, 15) is 9.59 Å². The van der Waals surface area contributed by atoms with Crippen LogP contribution in [0.25, 0.3) is 11.0 Å². The van der Waals surface area contributed by atoms with Gasteiger partial charge in [-0.3, -0.25) is 9.59 Å². The number of para-hydroxylation sites is 1. The van der Waals surface area contributed by atoms with Crippen LogP contribution in [-0.2, 0) is 23.7 Å². The number of aliphatic hydroxyl groups excluding tert-OH is 1. The zero-order chi connectivity index (χ0) is 27.6. The van der Waals surface area contributed by atoms with Crippen LogP contribution in [0, 0.1) is 5.92 Å². The highest BCUT2D eigenvalue weighted by atomic mass is 16.7. The van der Waals surface area contributed by atoms with Gasteiger partial charge in [-0.2, -0.15) is 0 Å². The van der Waals surface area contributed by atoms with E-state index in [1.807, 2.05) is 26.1 Å². The number of benzene rings is 1. The Labute approximate surface area is 229 Å². The first kappa shape index (κ1) is 29.3. The molecule has 0 radical (unpaired) electrons. The number of amides is 1. The number of carbonyl (C=O) groups is 1. The molecule has 1 saturated carbocycles. The molecule has 1 aliphatic carbocycles. The molecule has 1 aromatic carbocycles. The SMILES string of the molecule is CCO[C@H]1OC(C(=O)N(C)C2CCCCC2)=C[C@@H](c2coc3ccccc3c2=O)[C@H]1CCOCCOCCO. The summed E-state index contributed by atoms with van der Waals surface area (Å²) in [5.41, 5.74) is 0.842. The lowest BCUT2D eigenvalue weighted by molar-refractivity contribution is -0.172. The molecule has 3 atom stereocenters. The lowest BCUT2D eigenvalue weighted by atomic mass is 9.81. The van der Waals surface area contributed by atoms with E-state index >= 15 is 0 Å². The van der Waals surface area contributed by atoms with E-state index in [2.05, 4.69) is 0 Å². The maximum atomic E-state index is 13.6. The topological polar surface area (TPSA) is 108 Å². The van der Waals surface area contributed by atoms with Crippen molar-refractivity contribution in [1.29, 1.82) is 0 Å². The van der Waals surface area contributed by atoms with Gasteiger partial charge in [-0.05, 0) is 44.4 Å². The van der Waals surface area contributed by atoms with Gasteiger partial charge in [0, 0.05) is 43.7 Å². The minimum absolute atomic E-state index is 0.0329. The van der Waals surface area contributed by atoms with Crippen LogP contribution in [0.2, 0.25) is 0 Å². The molecule has 1 amide bonds. The van der Waals surface area contributed by atoms with Crippen molar-refractivity contribution in [2.75, 3.05) is 46.7 Å². The molecule has 4 rings (SSSR count). The van der Waals surface area contributed by atoms with E-state index in [1.165, 1.54) is 12.7 Å². The molecule has 2 heterocycles. The van der Waals surface area contributed by atoms with Crippen LogP contribution in [0.4, 0.5) is 0 Å². The van der Waals surface area contributed by atoms with Gasteiger partial charge < -0.3 is 33.4 Å². The van der Waals surface area contributed by atoms with Crippen molar-refractivity contribution in [1.82, 2.24) is 4.90 Å². The Kier molecular flexibility index (Phi) is 11.0. The zero-order valence-electron chi connectivity index (χ0n) is 23.0. The molecule has 0 unspecified atom stereocenters. The molecule has 214 valence electrons. The minimum atomic E-state index is -0.733. The van der Waals surface area contributed by atoms with Crippen LogP contribution < -0.4 is 5.43 Å². The maximum Gasteiger partial charge on any atom is 0.288 e. The van der Waals surface area contributed by atoms with E-state index in [4.69, 9.17) is 28.5 Å². The minimum Gasteiger partial charge on any atom is -0.464 e. The molecule has 2 aromatic rings. The van der Waals surface area contributed by atoms with Crippen LogP contribution in [0.15, 0.2) is 51.6 Å². The first-order valence-electron chi connectivity index (χ1n) is 14.1. The van der Waals surface area contributed by atoms with Gasteiger partial charge in [0.15, 0.2) is 11.2 Å². The van der Waals surface area contributed by atoms with Gasteiger partial charge in [-0.25, -0.2) is 0 Å². The normalized spacial score (nSPS) is 21.9. The Hall–Kier alpha value is -2.72. The number of carbonyl (C=O) groups excluding carboxylic acids is 1. The monoisotopic (exact) mass is 543 g/mol. The molecule has 0 saturated heterocycles. The lowest BCUT2D eigenvalue weighted by Gasteiger charge is -2.38. The number of nitrogens with zero attached hydrogens (tertiary/aromatic N) is 1. The number of rotatable bonds is 13. The fraction of sp³-hybridized carbons (Fsp3) is 0.600. The van der Waals surface area contributed by atoms with Crippen molar-refractivity contribution >= 4 is 16.9 Å². The smallest absolute Gasteiger partial charge is 0.288 e. The van der Waals surface area contributed by atoms with Crippen LogP contribution >= 0.6 is 0 Å². The van der Waals surface area contributed by atoms with E-state index < -0.39 is 12.2 Å². The van der Waals surface area contributed by atoms with Crippen LogP contribution in [0.1, 0.15) is 56.9 Å². The summed E-state index contributed by atoms with van der Waals surface area (Å²) in [5, 5.41) is 9.35. The van der Waals surface area contributed by atoms with Crippen molar-refractivity contribution in [3.63, 3.8) is 0 Å². The Balaban J connectivity index is 1.63. The molecule has 9 nitrogen and oxygen atoms in total. The number of allylic oxidation sites excluding steroid dienone is 1. The summed E-state index contributed by atoms with van der Waals surface area (Å²) in [6.45, 7) is 3.63. The Morgan fingerprint density at radius 1 is 1.08 bits per heavy atom. The molecule has 0 spiro atoms. The van der Waals surface area contributed by atoms with Gasteiger partial charge in [0.2, 0.25) is 6.29 Å². The second-order valence-corrected chi connectivity index (χ2v) is 10.1. The Morgan fingerprint density at radius 3 is 2.56 bits per heavy atom. The first-order chi connectivity index (χ1) is 19.0. The summed E-state index contributed by atoms with van der Waals surface area (Å²) >= 11 is 0. The third-order valence-corrected chi connectivity index (χ3v) is 7.64. The molecular formula is C30H41NO8. The van der Waals surface area contributed by atoms with Crippen molar-refractivity contribution in [2.45, 2.75) is 63.7 Å². The van der Waals surface area contributed by atoms with Crippen LogP contribution in [0.3, 0.4) is 0 Å². The summed E-state index contributed by atoms with van der Waals surface area (Å²) < 4.78 is 29.1. The number of hydrogen-bond donors (Lipinski definition) is 1. The number of hydrogen-bond acceptors (Lipinski definition) is 8. The fourth-order valence-corrected chi connectivity index (χ4v) is 5.52. The third-order valence-electron chi connectivity index (χ3n) is 7.64. The van der Waals surface area contributed by atoms with Crippen molar-refractivity contribution in [3.8, 4) is 0 Å². The summed E-state index contributed by atoms with van der Waals surface area (Å²) in [5.74, 6) is -0.751. The predicted octanol–water partition coefficient (Wildman–Crippen LogP) is 3.98. The summed E-state index contributed by atoms with van der Waals surface area (Å²) in [7, 11) is 1.83. The third kappa shape index (κ3) is 7.28. The Morgan fingerprint density at radius 2 is 1.82 bits per heavy atom. The zero-order valence-corrected chi connectivity index (χ0v) is 23.0. The molecule has 39 heavy (non-hydrogen) atoms. The van der Waals surface area contributed by atoms with Crippen molar-refractivity contribution in [2.24, 2.45) is 5.92 Å². The highest BCUT2D eigenvalue weighted by molar-refractivity contribution is 5.92. The molecule has 0 bridgehead atoms. The van der Waals surface area contributed by atoms with Gasteiger partial charge >= 0.3 is 0 Å². The number of ether oxygens (including phenoxy) is 4. The van der Waals surface area contributed by atoms with Gasteiger partial charge in [-0.1, -0.05) is 31.4 Å². The largest absolute Gasteiger partial charge is 0.464 e. The Bertz CT molecular complexity index is 1160. The molecule has 1 N–H and O–H groups in total. The van der Waals surface area contributed by atoms with Crippen LogP contribution in [0.5, 0.6) is 0 Å². The first-order valence-corrected chi connectivity index (χ1v) is 14.1. The van der Waals surface area contributed by atoms with Crippen LogP contribution in [-0.4, -0.2) is 74.9 Å². The van der Waals surface area contributed by atoms with Gasteiger partial charge in [-0.15, -0.1) is 0 Å². The molecule has 1 aromatic heterocycles. The average molecular weight is 544 g/mol. The van der Waals surface area contributed by atoms with E-state index in [0.29, 0.717) is 49.4 Å². The number of aliphatic hydroxyl groups is 1. The lowest BCUT2D eigenvalue weighted by Crippen LogP contribution is -2.44. The highest BCUT2D eigenvalue weighted by Gasteiger charge is 2.40. The fourth-order valence-electron chi connectivity index (χ4n) is 5.52.